The Bertz CT molecular complexity index is 219. The van der Waals surface area contributed by atoms with Crippen LogP contribution in [0, 0.1) is 0 Å². The first-order valence-corrected chi connectivity index (χ1v) is 2.84. The molecule has 0 aliphatic carbocycles. The van der Waals surface area contributed by atoms with Crippen LogP contribution in [-0.2, 0) is 18.4 Å². The van der Waals surface area contributed by atoms with E-state index in [2.05, 4.69) is 15.5 Å². The molecular formula is C5H8N4O. The fourth-order valence-corrected chi connectivity index (χ4v) is 0.600. The van der Waals surface area contributed by atoms with Crippen molar-refractivity contribution in [2.24, 2.45) is 7.05 Å². The molecule has 0 saturated heterocycles. The molecule has 0 radical (unpaired) electrons. The van der Waals surface area contributed by atoms with Crippen LogP contribution in [0.4, 0.5) is 0 Å². The third-order valence-corrected chi connectivity index (χ3v) is 1.15. The van der Waals surface area contributed by atoms with Gasteiger partial charge >= 0.3 is 0 Å². The van der Waals surface area contributed by atoms with Gasteiger partial charge < -0.3 is 9.88 Å². The van der Waals surface area contributed by atoms with Crippen LogP contribution < -0.4 is 5.32 Å². The van der Waals surface area contributed by atoms with Crippen molar-refractivity contribution < 1.29 is 4.79 Å². The number of hydrogen-bond acceptors (Lipinski definition) is 3. The van der Waals surface area contributed by atoms with Gasteiger partial charge in [0.1, 0.15) is 6.33 Å². The Hall–Kier alpha value is -1.39. The van der Waals surface area contributed by atoms with Crippen LogP contribution in [0.1, 0.15) is 5.82 Å². The largest absolute Gasteiger partial charge is 0.351 e. The van der Waals surface area contributed by atoms with Crippen molar-refractivity contribution in [1.29, 1.82) is 0 Å². The molecule has 0 saturated carbocycles. The fraction of sp³-hybridized carbons (Fsp3) is 0.400. The van der Waals surface area contributed by atoms with Crippen molar-refractivity contribution in [1.82, 2.24) is 20.1 Å². The number of rotatable bonds is 3. The second kappa shape index (κ2) is 2.95. The maximum absolute atomic E-state index is 9.84. The fourth-order valence-electron chi connectivity index (χ4n) is 0.600. The maximum Gasteiger partial charge on any atom is 0.207 e. The van der Waals surface area contributed by atoms with E-state index >= 15 is 0 Å². The zero-order valence-corrected chi connectivity index (χ0v) is 5.61. The van der Waals surface area contributed by atoms with E-state index in [1.165, 1.54) is 0 Å². The average molecular weight is 140 g/mol. The second-order valence-electron chi connectivity index (χ2n) is 1.86. The van der Waals surface area contributed by atoms with E-state index in [0.717, 1.165) is 5.82 Å². The normalized spacial score (nSPS) is 9.30. The van der Waals surface area contributed by atoms with Gasteiger partial charge in [0.2, 0.25) is 6.41 Å². The van der Waals surface area contributed by atoms with Gasteiger partial charge in [0.05, 0.1) is 6.54 Å². The monoisotopic (exact) mass is 140 g/mol. The van der Waals surface area contributed by atoms with Crippen molar-refractivity contribution in [2.45, 2.75) is 6.54 Å². The number of nitrogens with zero attached hydrogens (tertiary/aromatic N) is 3. The predicted octanol–water partition coefficient (Wildman–Crippen LogP) is -0.939. The van der Waals surface area contributed by atoms with E-state index < -0.39 is 0 Å². The van der Waals surface area contributed by atoms with Gasteiger partial charge in [-0.3, -0.25) is 4.79 Å². The topological polar surface area (TPSA) is 59.8 Å². The van der Waals surface area contributed by atoms with Crippen LogP contribution in [0.15, 0.2) is 6.33 Å². The van der Waals surface area contributed by atoms with E-state index in [-0.39, 0.29) is 0 Å². The van der Waals surface area contributed by atoms with Crippen LogP contribution >= 0.6 is 0 Å². The molecule has 1 aromatic heterocycles. The molecule has 1 aromatic rings. The van der Waals surface area contributed by atoms with E-state index in [0.29, 0.717) is 13.0 Å². The summed E-state index contributed by atoms with van der Waals surface area (Å²) >= 11 is 0. The molecule has 1 N–H and O–H groups in total. The Morgan fingerprint density at radius 1 is 1.90 bits per heavy atom. The number of amides is 1. The molecule has 0 bridgehead atoms. The molecule has 0 unspecified atom stereocenters. The van der Waals surface area contributed by atoms with E-state index in [1.54, 1.807) is 10.9 Å². The Kier molecular flexibility index (Phi) is 1.99. The lowest BCUT2D eigenvalue weighted by atomic mass is 10.6. The summed E-state index contributed by atoms with van der Waals surface area (Å²) in [6.07, 6.45) is 2.22. The summed E-state index contributed by atoms with van der Waals surface area (Å²) in [4.78, 5) is 9.84. The highest BCUT2D eigenvalue weighted by Crippen LogP contribution is 1.87. The molecule has 1 rings (SSSR count). The first-order valence-electron chi connectivity index (χ1n) is 2.84. The van der Waals surface area contributed by atoms with Gasteiger partial charge in [-0.2, -0.15) is 0 Å². The third-order valence-electron chi connectivity index (χ3n) is 1.15. The number of hydrogen-bond donors (Lipinski definition) is 1. The molecule has 0 aliphatic rings. The van der Waals surface area contributed by atoms with Crippen molar-refractivity contribution in [3.63, 3.8) is 0 Å². The molecule has 5 heteroatoms. The van der Waals surface area contributed by atoms with E-state index in [4.69, 9.17) is 0 Å². The van der Waals surface area contributed by atoms with E-state index in [1.807, 2.05) is 7.05 Å². The van der Waals surface area contributed by atoms with Gasteiger partial charge in [0.25, 0.3) is 0 Å². The second-order valence-corrected chi connectivity index (χ2v) is 1.86. The number of carbonyl (C=O) groups excluding carboxylic acids is 1. The minimum absolute atomic E-state index is 0.431. The summed E-state index contributed by atoms with van der Waals surface area (Å²) in [6, 6.07) is 0. The van der Waals surface area contributed by atoms with Crippen LogP contribution in [0.5, 0.6) is 0 Å². The van der Waals surface area contributed by atoms with Crippen molar-refractivity contribution in [2.75, 3.05) is 0 Å². The van der Waals surface area contributed by atoms with Crippen LogP contribution in [0.3, 0.4) is 0 Å². The highest BCUT2D eigenvalue weighted by Gasteiger charge is 1.96. The maximum atomic E-state index is 9.84. The van der Waals surface area contributed by atoms with Crippen molar-refractivity contribution >= 4 is 6.41 Å². The number of aryl methyl sites for hydroxylation is 1. The van der Waals surface area contributed by atoms with Crippen LogP contribution in [0.25, 0.3) is 0 Å². The highest BCUT2D eigenvalue weighted by atomic mass is 16.1. The summed E-state index contributed by atoms with van der Waals surface area (Å²) in [5.41, 5.74) is 0. The zero-order valence-electron chi connectivity index (χ0n) is 5.61. The average Bonchev–Trinajstić information content (AvgIpc) is 2.31. The van der Waals surface area contributed by atoms with E-state index in [9.17, 15) is 4.79 Å². The first-order chi connectivity index (χ1) is 4.84. The summed E-state index contributed by atoms with van der Waals surface area (Å²) in [7, 11) is 1.82. The highest BCUT2D eigenvalue weighted by molar-refractivity contribution is 5.45. The van der Waals surface area contributed by atoms with Gasteiger partial charge in [0.15, 0.2) is 5.82 Å². The van der Waals surface area contributed by atoms with Gasteiger partial charge in [-0.15, -0.1) is 10.2 Å². The minimum atomic E-state index is 0.431. The van der Waals surface area contributed by atoms with Crippen molar-refractivity contribution in [3.05, 3.63) is 12.2 Å². The lowest BCUT2D eigenvalue weighted by molar-refractivity contribution is -0.109. The Labute approximate surface area is 58.1 Å². The standard InChI is InChI=1S/C5H8N4O/c1-9-3-7-8-5(9)2-6-4-10/h3-4H,2H2,1H3,(H,6,10). The molecule has 0 aromatic carbocycles. The van der Waals surface area contributed by atoms with Crippen molar-refractivity contribution in [3.8, 4) is 0 Å². The third kappa shape index (κ3) is 1.31. The summed E-state index contributed by atoms with van der Waals surface area (Å²) in [5, 5.41) is 9.86. The zero-order chi connectivity index (χ0) is 7.40. The van der Waals surface area contributed by atoms with Gasteiger partial charge in [-0.1, -0.05) is 0 Å². The molecule has 1 heterocycles. The molecular weight excluding hydrogens is 132 g/mol. The Balaban J connectivity index is 2.56. The SMILES string of the molecule is Cn1cnnc1CNC=O. The van der Waals surface area contributed by atoms with Gasteiger partial charge in [-0.05, 0) is 0 Å². The lowest BCUT2D eigenvalue weighted by Crippen LogP contribution is -2.13. The molecule has 0 spiro atoms. The molecule has 10 heavy (non-hydrogen) atoms. The molecule has 54 valence electrons. The Morgan fingerprint density at radius 2 is 2.70 bits per heavy atom. The summed E-state index contributed by atoms with van der Waals surface area (Å²) in [5.74, 6) is 0.743. The smallest absolute Gasteiger partial charge is 0.207 e. The number of aromatic nitrogens is 3. The van der Waals surface area contributed by atoms with Crippen LogP contribution in [0.2, 0.25) is 0 Å². The Morgan fingerprint density at radius 3 is 3.20 bits per heavy atom. The predicted molar refractivity (Wildman–Crippen MR) is 33.9 cm³/mol. The summed E-state index contributed by atoms with van der Waals surface area (Å²) < 4.78 is 1.75. The number of nitrogens with one attached hydrogen (secondary N) is 1. The molecule has 1 amide bonds. The molecule has 0 aliphatic heterocycles. The quantitative estimate of drug-likeness (QED) is 0.551. The minimum Gasteiger partial charge on any atom is -0.351 e. The molecule has 5 nitrogen and oxygen atoms in total. The van der Waals surface area contributed by atoms with Gasteiger partial charge in [-0.25, -0.2) is 0 Å². The molecule has 0 atom stereocenters. The first kappa shape index (κ1) is 6.73. The van der Waals surface area contributed by atoms with Crippen LogP contribution in [-0.4, -0.2) is 21.2 Å². The lowest BCUT2D eigenvalue weighted by Gasteiger charge is -1.95. The number of carbonyl (C=O) groups is 1. The summed E-state index contributed by atoms with van der Waals surface area (Å²) in [6.45, 7) is 0.431. The molecule has 0 fully saturated rings. The van der Waals surface area contributed by atoms with Gasteiger partial charge in [0, 0.05) is 7.05 Å².